The molecule has 0 radical (unpaired) electrons. The first-order chi connectivity index (χ1) is 27.2. The number of nitrogens with two attached hydrogens (primary N) is 2. The van der Waals surface area contributed by atoms with E-state index in [1.807, 2.05) is 60.7 Å². The zero-order valence-electron chi connectivity index (χ0n) is 34.6. The summed E-state index contributed by atoms with van der Waals surface area (Å²) in [5.74, 6) is 4.15. The summed E-state index contributed by atoms with van der Waals surface area (Å²) in [6.07, 6.45) is 1.88. The molecule has 4 aliphatic heterocycles. The zero-order chi connectivity index (χ0) is 41.8. The highest BCUT2D eigenvalue weighted by atomic mass is 16.5. The quantitative estimate of drug-likeness (QED) is 0.161. The topological polar surface area (TPSA) is 166 Å². The molecule has 2 atom stereocenters. The summed E-state index contributed by atoms with van der Waals surface area (Å²) in [7, 11) is 1.36. The second kappa shape index (κ2) is 14.5. The Morgan fingerprint density at radius 1 is 0.707 bits per heavy atom. The van der Waals surface area contributed by atoms with Crippen LogP contribution in [0, 0.1) is 10.8 Å². The highest BCUT2D eigenvalue weighted by molar-refractivity contribution is 5.90. The molecule has 0 fully saturated rings. The van der Waals surface area contributed by atoms with Crippen molar-refractivity contribution in [1.82, 2.24) is 0 Å². The number of rotatable bonds is 6. The molecule has 8 rings (SSSR count). The smallest absolute Gasteiger partial charge is 0.337 e. The molecule has 4 heterocycles. The van der Waals surface area contributed by atoms with Crippen LogP contribution in [0.15, 0.2) is 89.7 Å². The monoisotopic (exact) mass is 791 g/mol. The van der Waals surface area contributed by atoms with E-state index < -0.39 is 22.5 Å². The molecule has 12 heteroatoms. The van der Waals surface area contributed by atoms with E-state index in [9.17, 15) is 9.90 Å². The minimum Gasteiger partial charge on any atom is -0.493 e. The number of fused-ring (bicyclic) bond motifs is 8. The van der Waals surface area contributed by atoms with Crippen molar-refractivity contribution in [1.29, 1.82) is 0 Å². The Hall–Kier alpha value is -5.88. The van der Waals surface area contributed by atoms with Gasteiger partial charge in [-0.1, -0.05) is 47.6 Å². The van der Waals surface area contributed by atoms with Gasteiger partial charge in [-0.25, -0.2) is 9.79 Å². The van der Waals surface area contributed by atoms with Crippen molar-refractivity contribution in [2.75, 3.05) is 33.5 Å². The fourth-order valence-electron chi connectivity index (χ4n) is 7.25. The number of carbonyl (C=O) groups is 1. The van der Waals surface area contributed by atoms with Gasteiger partial charge in [0, 0.05) is 22.3 Å². The lowest BCUT2D eigenvalue weighted by Crippen LogP contribution is -2.32. The van der Waals surface area contributed by atoms with Crippen molar-refractivity contribution < 1.29 is 43.1 Å². The molecular weight excluding hydrogens is 739 g/mol. The van der Waals surface area contributed by atoms with Crippen LogP contribution in [0.2, 0.25) is 0 Å². The Kier molecular flexibility index (Phi) is 10.1. The molecule has 0 amide bonds. The van der Waals surface area contributed by atoms with Crippen molar-refractivity contribution in [3.63, 3.8) is 0 Å². The molecule has 12 nitrogen and oxygen atoms in total. The molecular formula is C46H53N3O9. The molecule has 5 N–H and O–H groups in total. The lowest BCUT2D eigenvalue weighted by Gasteiger charge is -2.35. The second-order valence-electron chi connectivity index (χ2n) is 18.1. The zero-order valence-corrected chi connectivity index (χ0v) is 34.6. The molecule has 4 aromatic carbocycles. The van der Waals surface area contributed by atoms with Gasteiger partial charge in [0.2, 0.25) is 0 Å². The number of hydrogen-bond donors (Lipinski definition) is 3. The normalized spacial score (nSPS) is 20.0. The van der Waals surface area contributed by atoms with Crippen LogP contribution in [-0.4, -0.2) is 50.6 Å². The molecule has 0 aliphatic carbocycles. The second-order valence-corrected chi connectivity index (χ2v) is 18.1. The van der Waals surface area contributed by atoms with E-state index in [-0.39, 0.29) is 23.5 Å². The average molecular weight is 792 g/mol. The first kappa shape index (κ1) is 40.3. The first-order valence-corrected chi connectivity index (χ1v) is 19.3. The number of esters is 1. The Bertz CT molecular complexity index is 2310. The summed E-state index contributed by atoms with van der Waals surface area (Å²) in [4.78, 5) is 16.8. The predicted molar refractivity (Wildman–Crippen MR) is 220 cm³/mol. The van der Waals surface area contributed by atoms with Gasteiger partial charge in [0.1, 0.15) is 47.7 Å². The summed E-state index contributed by atoms with van der Waals surface area (Å²) in [6, 6.07) is 22.5. The van der Waals surface area contributed by atoms with Crippen molar-refractivity contribution >= 4 is 12.0 Å². The van der Waals surface area contributed by atoms with Crippen LogP contribution in [-0.2, 0) is 30.8 Å². The van der Waals surface area contributed by atoms with Crippen LogP contribution in [0.5, 0.6) is 34.5 Å². The van der Waals surface area contributed by atoms with Crippen LogP contribution in [0.1, 0.15) is 93.6 Å². The van der Waals surface area contributed by atoms with Crippen LogP contribution >= 0.6 is 0 Å². The fourth-order valence-corrected chi connectivity index (χ4v) is 7.25. The summed E-state index contributed by atoms with van der Waals surface area (Å²) < 4.78 is 40.5. The van der Waals surface area contributed by atoms with Crippen LogP contribution in [0.3, 0.4) is 0 Å². The van der Waals surface area contributed by atoms with E-state index in [1.165, 1.54) is 7.11 Å². The molecule has 58 heavy (non-hydrogen) atoms. The average Bonchev–Trinajstić information content (AvgIpc) is 3.75. The van der Waals surface area contributed by atoms with Gasteiger partial charge in [0.05, 0.1) is 36.9 Å². The highest BCUT2D eigenvalue weighted by Crippen LogP contribution is 2.54. The standard InChI is InChI=1S/C23H28N2O4.C23H25NO5/c1-21(2,3)12-27-15-7-9-19-17(11-15)23(13-28-20(24)25-23)16-10-14(22(4,5)26)6-8-18(16)29-19;1-22(2,3)12-27-15-6-8-19-17(10-15)23(11-20(24)28-13-23)16-9-14(21(25)26-4)5-7-18(16)29-19/h6-11,26H,12-13H2,1-5H3,(H2,24,25);5-11H,12-13,24H2,1-4H3/t2*23-/m01/s1. The van der Waals surface area contributed by atoms with Crippen molar-refractivity contribution in [3.8, 4) is 34.5 Å². The van der Waals surface area contributed by atoms with Gasteiger partial charge in [-0.05, 0) is 103 Å². The van der Waals surface area contributed by atoms with Gasteiger partial charge >= 0.3 is 5.97 Å². The molecule has 0 aromatic heterocycles. The molecule has 306 valence electrons. The van der Waals surface area contributed by atoms with Crippen molar-refractivity contribution in [3.05, 3.63) is 118 Å². The SMILES string of the molecule is CC(C)(C)COc1ccc2c(c1)[C@]1(COC(N)=N1)c1cc(C(C)(C)O)ccc1O2.COC(=O)c1ccc2c(c1)[C@]1(C=C(N)OC1)c1cc(OCC(C)(C)C)ccc1O2. The number of amidine groups is 1. The fraction of sp³-hybridized carbons (Fsp3) is 0.391. The van der Waals surface area contributed by atoms with E-state index in [0.717, 1.165) is 39.3 Å². The van der Waals surface area contributed by atoms with Gasteiger partial charge in [-0.2, -0.15) is 0 Å². The first-order valence-electron chi connectivity index (χ1n) is 19.3. The van der Waals surface area contributed by atoms with Crippen molar-refractivity contribution in [2.24, 2.45) is 27.3 Å². The van der Waals surface area contributed by atoms with Gasteiger partial charge in [0.15, 0.2) is 11.4 Å². The van der Waals surface area contributed by atoms with E-state index in [1.54, 1.807) is 32.0 Å². The Balaban J connectivity index is 0.000000177. The number of benzene rings is 4. The minimum absolute atomic E-state index is 0.0346. The van der Waals surface area contributed by atoms with E-state index in [0.29, 0.717) is 54.3 Å². The lowest BCUT2D eigenvalue weighted by molar-refractivity contribution is 0.0600. The highest BCUT2D eigenvalue weighted by Gasteiger charge is 2.48. The van der Waals surface area contributed by atoms with Gasteiger partial charge in [-0.3, -0.25) is 0 Å². The maximum Gasteiger partial charge on any atom is 0.337 e. The molecule has 4 aliphatic rings. The number of nitrogens with zero attached hydrogens (tertiary/aromatic N) is 1. The van der Waals surface area contributed by atoms with Crippen LogP contribution < -0.4 is 30.4 Å². The summed E-state index contributed by atoms with van der Waals surface area (Å²) in [6.45, 7) is 18.0. The van der Waals surface area contributed by atoms with Crippen molar-refractivity contribution in [2.45, 2.75) is 71.9 Å². The third-order valence-corrected chi connectivity index (χ3v) is 10.2. The number of hydrogen-bond acceptors (Lipinski definition) is 12. The number of aliphatic imine (C=N–C) groups is 1. The summed E-state index contributed by atoms with van der Waals surface area (Å²) >= 11 is 0. The minimum atomic E-state index is -0.997. The summed E-state index contributed by atoms with van der Waals surface area (Å²) in [5.41, 5.74) is 14.1. The molecule has 0 saturated carbocycles. The van der Waals surface area contributed by atoms with E-state index in [4.69, 9.17) is 49.6 Å². The number of ether oxygens (including phenoxy) is 7. The van der Waals surface area contributed by atoms with Gasteiger partial charge in [-0.15, -0.1) is 0 Å². The Morgan fingerprint density at radius 3 is 1.72 bits per heavy atom. The number of methoxy groups -OCH3 is 1. The molecule has 0 saturated heterocycles. The van der Waals surface area contributed by atoms with E-state index in [2.05, 4.69) is 41.5 Å². The molecule has 0 unspecified atom stereocenters. The molecule has 0 bridgehead atoms. The molecule has 4 aromatic rings. The lowest BCUT2D eigenvalue weighted by atomic mass is 9.73. The van der Waals surface area contributed by atoms with E-state index >= 15 is 0 Å². The maximum absolute atomic E-state index is 12.1. The largest absolute Gasteiger partial charge is 0.493 e. The Labute approximate surface area is 339 Å². The third-order valence-electron chi connectivity index (χ3n) is 10.2. The Morgan fingerprint density at radius 2 is 1.22 bits per heavy atom. The van der Waals surface area contributed by atoms with Gasteiger partial charge < -0.3 is 49.7 Å². The number of carbonyl (C=O) groups excluding carboxylic acids is 1. The van der Waals surface area contributed by atoms with Gasteiger partial charge in [0.25, 0.3) is 6.02 Å². The predicted octanol–water partition coefficient (Wildman–Crippen LogP) is 8.15. The maximum atomic E-state index is 12.1. The van der Waals surface area contributed by atoms with Crippen LogP contribution in [0.25, 0.3) is 0 Å². The van der Waals surface area contributed by atoms with Crippen LogP contribution in [0.4, 0.5) is 0 Å². The third kappa shape index (κ3) is 7.85. The summed E-state index contributed by atoms with van der Waals surface area (Å²) in [5, 5.41) is 10.5. The number of aliphatic hydroxyl groups is 1. The molecule has 2 spiro atoms.